The van der Waals surface area contributed by atoms with Crippen molar-refractivity contribution in [2.45, 2.75) is 39.2 Å². The molecule has 0 aliphatic carbocycles. The molecule has 0 radical (unpaired) electrons. The van der Waals surface area contributed by atoms with Gasteiger partial charge in [0, 0.05) is 32.2 Å². The average Bonchev–Trinajstić information content (AvgIpc) is 2.70. The highest BCUT2D eigenvalue weighted by molar-refractivity contribution is 5.76. The van der Waals surface area contributed by atoms with Gasteiger partial charge in [-0.1, -0.05) is 6.92 Å². The Balaban J connectivity index is 2.01. The molecule has 1 fully saturated rings. The van der Waals surface area contributed by atoms with Crippen LogP contribution in [-0.4, -0.2) is 38.3 Å². The minimum atomic E-state index is 0.146. The summed E-state index contributed by atoms with van der Waals surface area (Å²) in [6, 6.07) is 0.264. The number of carbonyl (C=O) groups excluding carboxylic acids is 1. The van der Waals surface area contributed by atoms with Gasteiger partial charge in [-0.05, 0) is 32.2 Å². The zero-order chi connectivity index (χ0) is 11.8. The third kappa shape index (κ3) is 5.47. The maximum Gasteiger partial charge on any atom is 0.221 e. The number of amides is 1. The predicted molar refractivity (Wildman–Crippen MR) is 64.3 cm³/mol. The van der Waals surface area contributed by atoms with E-state index in [9.17, 15) is 4.79 Å². The predicted octanol–water partition coefficient (Wildman–Crippen LogP) is 0.917. The molecule has 2 unspecified atom stereocenters. The summed E-state index contributed by atoms with van der Waals surface area (Å²) in [5, 5.41) is 6.19. The first-order valence-corrected chi connectivity index (χ1v) is 6.30. The van der Waals surface area contributed by atoms with Crippen molar-refractivity contribution in [3.8, 4) is 0 Å². The van der Waals surface area contributed by atoms with Crippen LogP contribution in [0, 0.1) is 5.92 Å². The van der Waals surface area contributed by atoms with Crippen LogP contribution >= 0.6 is 0 Å². The Labute approximate surface area is 98.1 Å². The van der Waals surface area contributed by atoms with Crippen molar-refractivity contribution in [3.05, 3.63) is 0 Å². The first-order valence-electron chi connectivity index (χ1n) is 6.30. The summed E-state index contributed by atoms with van der Waals surface area (Å²) in [6.45, 7) is 7.53. The molecule has 1 rings (SSSR count). The Bertz CT molecular complexity index is 203. The number of hydrogen-bond donors (Lipinski definition) is 2. The van der Waals surface area contributed by atoms with Crippen molar-refractivity contribution in [3.63, 3.8) is 0 Å². The average molecular weight is 228 g/mol. The number of rotatable bonds is 7. The van der Waals surface area contributed by atoms with Crippen molar-refractivity contribution >= 4 is 5.91 Å². The summed E-state index contributed by atoms with van der Waals surface area (Å²) in [5.41, 5.74) is 0. The van der Waals surface area contributed by atoms with Gasteiger partial charge in [-0.3, -0.25) is 4.79 Å². The van der Waals surface area contributed by atoms with Gasteiger partial charge < -0.3 is 15.4 Å². The van der Waals surface area contributed by atoms with E-state index >= 15 is 0 Å². The molecule has 1 aliphatic rings. The molecule has 0 aromatic carbocycles. The van der Waals surface area contributed by atoms with Crippen LogP contribution in [0.4, 0.5) is 0 Å². The van der Waals surface area contributed by atoms with Crippen LogP contribution in [-0.2, 0) is 9.53 Å². The lowest BCUT2D eigenvalue weighted by Crippen LogP contribution is -2.34. The summed E-state index contributed by atoms with van der Waals surface area (Å²) in [4.78, 5) is 11.5. The molecule has 0 bridgehead atoms. The number of nitrogens with one attached hydrogen (secondary N) is 2. The van der Waals surface area contributed by atoms with Crippen LogP contribution in [0.25, 0.3) is 0 Å². The highest BCUT2D eigenvalue weighted by atomic mass is 16.5. The fourth-order valence-electron chi connectivity index (χ4n) is 2.00. The summed E-state index contributed by atoms with van der Waals surface area (Å²) < 4.78 is 5.29. The summed E-state index contributed by atoms with van der Waals surface area (Å²) in [7, 11) is 0. The fraction of sp³-hybridized carbons (Fsp3) is 0.917. The van der Waals surface area contributed by atoms with Gasteiger partial charge in [0.25, 0.3) is 0 Å². The Morgan fingerprint density at radius 2 is 2.38 bits per heavy atom. The van der Waals surface area contributed by atoms with E-state index in [0.717, 1.165) is 39.1 Å². The van der Waals surface area contributed by atoms with E-state index in [4.69, 9.17) is 4.74 Å². The Kier molecular flexibility index (Phi) is 6.42. The maximum atomic E-state index is 11.5. The highest BCUT2D eigenvalue weighted by Crippen LogP contribution is 2.15. The minimum absolute atomic E-state index is 0.146. The standard InChI is InChI=1S/C12H24N2O2/c1-3-13-10(2)8-12(15)14-6-4-11-5-7-16-9-11/h10-11,13H,3-9H2,1-2H3,(H,14,15). The van der Waals surface area contributed by atoms with Gasteiger partial charge >= 0.3 is 0 Å². The van der Waals surface area contributed by atoms with Gasteiger partial charge in [-0.15, -0.1) is 0 Å². The summed E-state index contributed by atoms with van der Waals surface area (Å²) in [5.74, 6) is 0.791. The van der Waals surface area contributed by atoms with Gasteiger partial charge in [0.05, 0.1) is 0 Å². The van der Waals surface area contributed by atoms with E-state index in [1.54, 1.807) is 0 Å². The molecular formula is C12H24N2O2. The first-order chi connectivity index (χ1) is 7.72. The van der Waals surface area contributed by atoms with E-state index in [0.29, 0.717) is 12.3 Å². The normalized spacial score (nSPS) is 22.0. The summed E-state index contributed by atoms with van der Waals surface area (Å²) >= 11 is 0. The molecule has 1 aliphatic heterocycles. The largest absolute Gasteiger partial charge is 0.381 e. The van der Waals surface area contributed by atoms with Crippen molar-refractivity contribution in [1.29, 1.82) is 0 Å². The third-order valence-corrected chi connectivity index (χ3v) is 2.94. The highest BCUT2D eigenvalue weighted by Gasteiger charge is 2.15. The number of hydrogen-bond acceptors (Lipinski definition) is 3. The maximum absolute atomic E-state index is 11.5. The summed E-state index contributed by atoms with van der Waals surface area (Å²) in [6.07, 6.45) is 2.75. The third-order valence-electron chi connectivity index (χ3n) is 2.94. The number of carbonyl (C=O) groups is 1. The van der Waals surface area contributed by atoms with Crippen molar-refractivity contribution in [1.82, 2.24) is 10.6 Å². The zero-order valence-electron chi connectivity index (χ0n) is 10.4. The van der Waals surface area contributed by atoms with Gasteiger partial charge in [0.1, 0.15) is 0 Å². The molecule has 16 heavy (non-hydrogen) atoms. The van der Waals surface area contributed by atoms with Crippen LogP contribution in [0.1, 0.15) is 33.1 Å². The van der Waals surface area contributed by atoms with Crippen LogP contribution in [0.2, 0.25) is 0 Å². The van der Waals surface area contributed by atoms with Crippen molar-refractivity contribution in [2.75, 3.05) is 26.3 Å². The topological polar surface area (TPSA) is 50.4 Å². The second-order valence-corrected chi connectivity index (χ2v) is 4.53. The van der Waals surface area contributed by atoms with Crippen molar-refractivity contribution < 1.29 is 9.53 Å². The lowest BCUT2D eigenvalue weighted by Gasteiger charge is -2.13. The Hall–Kier alpha value is -0.610. The molecule has 0 aromatic heterocycles. The Morgan fingerprint density at radius 1 is 1.56 bits per heavy atom. The van der Waals surface area contributed by atoms with Crippen LogP contribution in [0.15, 0.2) is 0 Å². The van der Waals surface area contributed by atoms with Gasteiger partial charge in [0.2, 0.25) is 5.91 Å². The van der Waals surface area contributed by atoms with E-state index in [1.807, 2.05) is 6.92 Å². The van der Waals surface area contributed by atoms with Crippen LogP contribution in [0.3, 0.4) is 0 Å². The molecular weight excluding hydrogens is 204 g/mol. The fourth-order valence-corrected chi connectivity index (χ4v) is 2.00. The van der Waals surface area contributed by atoms with Gasteiger partial charge in [-0.2, -0.15) is 0 Å². The van der Waals surface area contributed by atoms with E-state index < -0.39 is 0 Å². The molecule has 4 nitrogen and oxygen atoms in total. The molecule has 1 heterocycles. The molecule has 1 saturated heterocycles. The van der Waals surface area contributed by atoms with Crippen LogP contribution in [0.5, 0.6) is 0 Å². The first kappa shape index (κ1) is 13.5. The van der Waals surface area contributed by atoms with E-state index in [-0.39, 0.29) is 11.9 Å². The second kappa shape index (κ2) is 7.63. The number of ether oxygens (including phenoxy) is 1. The molecule has 1 amide bonds. The minimum Gasteiger partial charge on any atom is -0.381 e. The lowest BCUT2D eigenvalue weighted by molar-refractivity contribution is -0.121. The SMILES string of the molecule is CCNC(C)CC(=O)NCCC1CCOC1. The monoisotopic (exact) mass is 228 g/mol. The van der Waals surface area contributed by atoms with Gasteiger partial charge in [-0.25, -0.2) is 0 Å². The molecule has 2 atom stereocenters. The van der Waals surface area contributed by atoms with Crippen molar-refractivity contribution in [2.24, 2.45) is 5.92 Å². The zero-order valence-corrected chi connectivity index (χ0v) is 10.4. The smallest absolute Gasteiger partial charge is 0.221 e. The molecule has 0 spiro atoms. The molecule has 94 valence electrons. The molecule has 0 saturated carbocycles. The molecule has 4 heteroatoms. The van der Waals surface area contributed by atoms with E-state index in [2.05, 4.69) is 17.6 Å². The second-order valence-electron chi connectivity index (χ2n) is 4.53. The van der Waals surface area contributed by atoms with Crippen LogP contribution < -0.4 is 10.6 Å². The quantitative estimate of drug-likeness (QED) is 0.681. The van der Waals surface area contributed by atoms with E-state index in [1.165, 1.54) is 0 Å². The molecule has 0 aromatic rings. The molecule has 2 N–H and O–H groups in total. The lowest BCUT2D eigenvalue weighted by atomic mass is 10.1. The van der Waals surface area contributed by atoms with Gasteiger partial charge in [0.15, 0.2) is 0 Å². The Morgan fingerprint density at radius 3 is 3.00 bits per heavy atom.